The number of fused-ring (bicyclic) bond motifs is 1. The summed E-state index contributed by atoms with van der Waals surface area (Å²) in [6.45, 7) is 4.10. The van der Waals surface area contributed by atoms with Crippen molar-refractivity contribution in [2.45, 2.75) is 44.2 Å². The number of imidazole rings is 1. The minimum Gasteiger partial charge on any atom is -0.489 e. The summed E-state index contributed by atoms with van der Waals surface area (Å²) < 4.78 is 5.93. The van der Waals surface area contributed by atoms with Gasteiger partial charge in [0.2, 0.25) is 0 Å². The van der Waals surface area contributed by atoms with Crippen molar-refractivity contribution in [1.29, 1.82) is 0 Å². The van der Waals surface area contributed by atoms with Crippen LogP contribution in [0.5, 0.6) is 5.75 Å². The lowest BCUT2D eigenvalue weighted by atomic mass is 9.87. The van der Waals surface area contributed by atoms with Gasteiger partial charge in [0, 0.05) is 30.3 Å². The number of H-pyrrole nitrogens is 2. The fourth-order valence-electron chi connectivity index (χ4n) is 6.04. The second-order valence-corrected chi connectivity index (χ2v) is 10.5. The Morgan fingerprint density at radius 2 is 1.53 bits per heavy atom. The third-order valence-corrected chi connectivity index (χ3v) is 8.19. The first-order valence-electron chi connectivity index (χ1n) is 13.6. The minimum absolute atomic E-state index is 0.104. The first kappa shape index (κ1) is 24.5. The molecular weight excluding hydrogens is 476 g/mol. The van der Waals surface area contributed by atoms with Gasteiger partial charge in [-0.25, -0.2) is 4.79 Å². The topological polar surface area (TPSA) is 81.4 Å². The number of rotatable bonds is 6. The number of aromatic amines is 2. The number of likely N-dealkylation sites (tertiary alicyclic amines) is 2. The number of benzene rings is 3. The third kappa shape index (κ3) is 5.24. The zero-order chi connectivity index (χ0) is 25.9. The molecule has 2 fully saturated rings. The molecule has 2 N–H and O–H groups in total. The van der Waals surface area contributed by atoms with Gasteiger partial charge in [0.15, 0.2) is 0 Å². The lowest BCUT2D eigenvalue weighted by Gasteiger charge is -2.42. The van der Waals surface area contributed by atoms with E-state index in [-0.39, 0.29) is 11.6 Å². The minimum atomic E-state index is -0.152. The molecule has 7 heteroatoms. The Balaban J connectivity index is 1.02. The molecule has 4 aromatic rings. The SMILES string of the molecule is O=C(c1ccccc1COc1ccccc1)N1CCC(N2CCC(c3ccc4[nH]c(=O)[nH]c4c3)CC2)CC1. The van der Waals surface area contributed by atoms with Crippen LogP contribution in [0.1, 0.15) is 53.1 Å². The predicted molar refractivity (Wildman–Crippen MR) is 149 cm³/mol. The molecule has 3 heterocycles. The number of carbonyl (C=O) groups is 1. The van der Waals surface area contributed by atoms with Crippen molar-refractivity contribution in [2.75, 3.05) is 26.2 Å². The van der Waals surface area contributed by atoms with E-state index in [1.165, 1.54) is 5.56 Å². The van der Waals surface area contributed by atoms with Crippen LogP contribution in [0.4, 0.5) is 0 Å². The van der Waals surface area contributed by atoms with E-state index in [4.69, 9.17) is 4.74 Å². The van der Waals surface area contributed by atoms with E-state index in [9.17, 15) is 9.59 Å². The van der Waals surface area contributed by atoms with E-state index in [0.717, 1.165) is 79.8 Å². The summed E-state index contributed by atoms with van der Waals surface area (Å²) in [5, 5.41) is 0. The number of nitrogens with one attached hydrogen (secondary N) is 2. The van der Waals surface area contributed by atoms with Gasteiger partial charge < -0.3 is 24.5 Å². The molecule has 7 nitrogen and oxygen atoms in total. The molecule has 2 aliphatic rings. The first-order chi connectivity index (χ1) is 18.6. The van der Waals surface area contributed by atoms with Gasteiger partial charge in [-0.05, 0) is 80.6 Å². The monoisotopic (exact) mass is 510 g/mol. The van der Waals surface area contributed by atoms with Crippen molar-refractivity contribution in [3.05, 3.63) is 100.0 Å². The maximum absolute atomic E-state index is 13.4. The molecule has 6 rings (SSSR count). The predicted octanol–water partition coefficient (Wildman–Crippen LogP) is 4.92. The van der Waals surface area contributed by atoms with E-state index < -0.39 is 0 Å². The Kier molecular flexibility index (Phi) is 7.01. The lowest BCUT2D eigenvalue weighted by molar-refractivity contribution is 0.0576. The van der Waals surface area contributed by atoms with Gasteiger partial charge in [-0.1, -0.05) is 42.5 Å². The number of nitrogens with zero attached hydrogens (tertiary/aromatic N) is 2. The molecule has 0 bridgehead atoms. The van der Waals surface area contributed by atoms with E-state index in [0.29, 0.717) is 18.6 Å². The lowest BCUT2D eigenvalue weighted by Crippen LogP contribution is -2.49. The van der Waals surface area contributed by atoms with Gasteiger partial charge in [-0.15, -0.1) is 0 Å². The molecule has 0 radical (unpaired) electrons. The highest BCUT2D eigenvalue weighted by atomic mass is 16.5. The van der Waals surface area contributed by atoms with Crippen molar-refractivity contribution in [3.8, 4) is 5.75 Å². The molecule has 0 atom stereocenters. The van der Waals surface area contributed by atoms with Crippen LogP contribution < -0.4 is 10.4 Å². The van der Waals surface area contributed by atoms with Crippen molar-refractivity contribution in [3.63, 3.8) is 0 Å². The van der Waals surface area contributed by atoms with E-state index >= 15 is 0 Å². The number of piperidine rings is 2. The maximum Gasteiger partial charge on any atom is 0.323 e. The van der Waals surface area contributed by atoms with Crippen LogP contribution in [0.3, 0.4) is 0 Å². The highest BCUT2D eigenvalue weighted by Crippen LogP contribution is 2.32. The fraction of sp³-hybridized carbons (Fsp3) is 0.355. The standard InChI is InChI=1S/C31H34N4O3/c36-30(27-9-5-4-6-24(27)21-38-26-7-2-1-3-8-26)35-18-14-25(15-19-35)34-16-12-22(13-17-34)23-10-11-28-29(20-23)33-31(37)32-28/h1-11,20,22,25H,12-19,21H2,(H2,32,33,37). The Labute approximate surface area is 222 Å². The summed E-state index contributed by atoms with van der Waals surface area (Å²) >= 11 is 0. The number of para-hydroxylation sites is 1. The zero-order valence-corrected chi connectivity index (χ0v) is 21.6. The highest BCUT2D eigenvalue weighted by molar-refractivity contribution is 5.95. The van der Waals surface area contributed by atoms with Crippen molar-refractivity contribution < 1.29 is 9.53 Å². The van der Waals surface area contributed by atoms with Gasteiger partial charge in [-0.3, -0.25) is 4.79 Å². The average Bonchev–Trinajstić information content (AvgIpc) is 3.36. The maximum atomic E-state index is 13.4. The Bertz CT molecular complexity index is 1440. The van der Waals surface area contributed by atoms with E-state index in [2.05, 4.69) is 27.0 Å². The third-order valence-electron chi connectivity index (χ3n) is 8.19. The summed E-state index contributed by atoms with van der Waals surface area (Å²) in [4.78, 5) is 35.4. The van der Waals surface area contributed by atoms with Gasteiger partial charge in [0.1, 0.15) is 12.4 Å². The molecular formula is C31H34N4O3. The number of carbonyl (C=O) groups excluding carboxylic acids is 1. The van der Waals surface area contributed by atoms with Gasteiger partial charge in [0.05, 0.1) is 11.0 Å². The number of ether oxygens (including phenoxy) is 1. The van der Waals surface area contributed by atoms with E-state index in [1.807, 2.05) is 65.6 Å². The molecule has 0 spiro atoms. The summed E-state index contributed by atoms with van der Waals surface area (Å²) in [7, 11) is 0. The number of aromatic nitrogens is 2. The smallest absolute Gasteiger partial charge is 0.323 e. The van der Waals surface area contributed by atoms with Crippen LogP contribution in [0.2, 0.25) is 0 Å². The molecule has 1 aromatic heterocycles. The molecule has 2 aliphatic heterocycles. The van der Waals surface area contributed by atoms with Crippen molar-refractivity contribution in [2.24, 2.45) is 0 Å². The molecule has 3 aromatic carbocycles. The van der Waals surface area contributed by atoms with Gasteiger partial charge in [-0.2, -0.15) is 0 Å². The van der Waals surface area contributed by atoms with Crippen LogP contribution in [0, 0.1) is 0 Å². The quantitative estimate of drug-likeness (QED) is 0.386. The van der Waals surface area contributed by atoms with Gasteiger partial charge >= 0.3 is 5.69 Å². The summed E-state index contributed by atoms with van der Waals surface area (Å²) in [6, 6.07) is 24.3. The highest BCUT2D eigenvalue weighted by Gasteiger charge is 2.31. The van der Waals surface area contributed by atoms with E-state index in [1.54, 1.807) is 0 Å². The molecule has 2 saturated heterocycles. The van der Waals surface area contributed by atoms with Crippen LogP contribution in [0.25, 0.3) is 11.0 Å². The summed E-state index contributed by atoms with van der Waals surface area (Å²) in [6.07, 6.45) is 4.26. The van der Waals surface area contributed by atoms with Crippen LogP contribution in [-0.2, 0) is 6.61 Å². The van der Waals surface area contributed by atoms with Crippen molar-refractivity contribution >= 4 is 16.9 Å². The molecule has 196 valence electrons. The molecule has 0 saturated carbocycles. The Morgan fingerprint density at radius 3 is 2.32 bits per heavy atom. The molecule has 0 aliphatic carbocycles. The van der Waals surface area contributed by atoms with Crippen LogP contribution in [-0.4, -0.2) is 57.9 Å². The van der Waals surface area contributed by atoms with Crippen LogP contribution in [0.15, 0.2) is 77.6 Å². The molecule has 0 unspecified atom stereocenters. The van der Waals surface area contributed by atoms with Gasteiger partial charge in [0.25, 0.3) is 5.91 Å². The average molecular weight is 511 g/mol. The normalized spacial score (nSPS) is 17.6. The van der Waals surface area contributed by atoms with Crippen LogP contribution >= 0.6 is 0 Å². The second kappa shape index (κ2) is 10.9. The summed E-state index contributed by atoms with van der Waals surface area (Å²) in [5.74, 6) is 1.43. The molecule has 1 amide bonds. The number of hydrogen-bond acceptors (Lipinski definition) is 4. The number of hydrogen-bond donors (Lipinski definition) is 2. The molecule has 38 heavy (non-hydrogen) atoms. The Hall–Kier alpha value is -3.84. The largest absolute Gasteiger partial charge is 0.489 e. The summed E-state index contributed by atoms with van der Waals surface area (Å²) in [5.41, 5.74) is 4.57. The Morgan fingerprint density at radius 1 is 0.816 bits per heavy atom. The first-order valence-corrected chi connectivity index (χ1v) is 13.6. The second-order valence-electron chi connectivity index (χ2n) is 10.5. The zero-order valence-electron chi connectivity index (χ0n) is 21.6. The van der Waals surface area contributed by atoms with Crippen molar-refractivity contribution in [1.82, 2.24) is 19.8 Å². The fourth-order valence-corrected chi connectivity index (χ4v) is 6.04. The number of amides is 1.